The van der Waals surface area contributed by atoms with Crippen molar-refractivity contribution in [1.29, 1.82) is 0 Å². The number of fused-ring (bicyclic) bond motifs is 1. The highest BCUT2D eigenvalue weighted by atomic mass is 32.2. The maximum Gasteiger partial charge on any atom is 0.188 e. The Morgan fingerprint density at radius 1 is 0.710 bits per heavy atom. The fraction of sp³-hybridized carbons (Fsp3) is 0.120. The maximum absolute atomic E-state index is 12.6. The van der Waals surface area contributed by atoms with Gasteiger partial charge in [-0.2, -0.15) is 0 Å². The molecule has 3 rings (SSSR count). The van der Waals surface area contributed by atoms with Crippen LogP contribution < -0.4 is 10.6 Å². The molecule has 0 bridgehead atoms. The molecule has 0 atom stereocenters. The summed E-state index contributed by atoms with van der Waals surface area (Å²) < 4.78 is 0. The Hall–Kier alpha value is -2.96. The summed E-state index contributed by atoms with van der Waals surface area (Å²) in [6, 6.07) is 21.2. The molecule has 0 aliphatic rings. The van der Waals surface area contributed by atoms with Crippen LogP contribution in [-0.2, 0) is 4.79 Å². The lowest BCUT2D eigenvalue weighted by atomic mass is 10.1. The third kappa shape index (κ3) is 6.03. The van der Waals surface area contributed by atoms with Crippen LogP contribution in [0.4, 0.5) is 11.4 Å². The summed E-state index contributed by atoms with van der Waals surface area (Å²) in [6.07, 6.45) is 7.09. The predicted molar refractivity (Wildman–Crippen MR) is 136 cm³/mol. The molecule has 0 heterocycles. The van der Waals surface area contributed by atoms with Gasteiger partial charge in [0.2, 0.25) is 0 Å². The van der Waals surface area contributed by atoms with E-state index in [1.807, 2.05) is 79.2 Å². The Kier molecular flexibility index (Phi) is 7.98. The van der Waals surface area contributed by atoms with Gasteiger partial charge in [0.15, 0.2) is 11.6 Å². The molecule has 31 heavy (non-hydrogen) atoms. The monoisotopic (exact) mass is 448 g/mol. The van der Waals surface area contributed by atoms with Crippen LogP contribution >= 0.6 is 23.5 Å². The van der Waals surface area contributed by atoms with E-state index in [1.165, 1.54) is 30.4 Å². The van der Waals surface area contributed by atoms with Crippen molar-refractivity contribution >= 4 is 57.2 Å². The van der Waals surface area contributed by atoms with Crippen molar-refractivity contribution in [1.82, 2.24) is 0 Å². The molecule has 0 fully saturated rings. The van der Waals surface area contributed by atoms with Gasteiger partial charge in [-0.1, -0.05) is 54.6 Å². The largest absolute Gasteiger partial charge is 0.350 e. The maximum atomic E-state index is 12.6. The van der Waals surface area contributed by atoms with E-state index in [9.17, 15) is 9.59 Å². The predicted octanol–water partition coefficient (Wildman–Crippen LogP) is 6.54. The van der Waals surface area contributed by atoms with Crippen LogP contribution in [0.25, 0.3) is 10.8 Å². The van der Waals surface area contributed by atoms with Crippen LogP contribution in [0.1, 0.15) is 17.3 Å². The Morgan fingerprint density at radius 2 is 1.23 bits per heavy atom. The van der Waals surface area contributed by atoms with Crippen LogP contribution in [0.5, 0.6) is 0 Å². The van der Waals surface area contributed by atoms with Crippen molar-refractivity contribution in [2.75, 3.05) is 23.1 Å². The summed E-state index contributed by atoms with van der Waals surface area (Å²) in [4.78, 5) is 24.1. The van der Waals surface area contributed by atoms with Gasteiger partial charge in [-0.3, -0.25) is 9.59 Å². The molecule has 0 radical (unpaired) electrons. The van der Waals surface area contributed by atoms with E-state index in [-0.39, 0.29) is 11.6 Å². The second kappa shape index (κ2) is 10.9. The molecule has 0 aromatic heterocycles. The number of rotatable bonds is 9. The third-order valence-electron chi connectivity index (χ3n) is 4.53. The first-order valence-electron chi connectivity index (χ1n) is 9.69. The molecule has 0 spiro atoms. The summed E-state index contributed by atoms with van der Waals surface area (Å²) in [5.41, 5.74) is 2.48. The number of ketones is 2. The van der Waals surface area contributed by atoms with Crippen molar-refractivity contribution in [3.8, 4) is 0 Å². The fourth-order valence-electron chi connectivity index (χ4n) is 3.07. The summed E-state index contributed by atoms with van der Waals surface area (Å²) in [5.74, 6) is -0.0451. The van der Waals surface area contributed by atoms with Crippen LogP contribution in [0.2, 0.25) is 0 Å². The molecule has 0 unspecified atom stereocenters. The minimum atomic E-state index is -0.0426. The highest BCUT2D eigenvalue weighted by Gasteiger charge is 2.09. The van der Waals surface area contributed by atoms with E-state index < -0.39 is 0 Å². The topological polar surface area (TPSA) is 58.2 Å². The van der Waals surface area contributed by atoms with Gasteiger partial charge in [0.25, 0.3) is 0 Å². The minimum absolute atomic E-state index is 0.00252. The molecule has 3 aromatic rings. The fourth-order valence-corrected chi connectivity index (χ4v) is 4.01. The summed E-state index contributed by atoms with van der Waals surface area (Å²) in [6.45, 7) is 1.54. The van der Waals surface area contributed by atoms with Crippen molar-refractivity contribution < 1.29 is 9.59 Å². The third-order valence-corrected chi connectivity index (χ3v) is 5.85. The average Bonchev–Trinajstić information content (AvgIpc) is 2.78. The zero-order valence-electron chi connectivity index (χ0n) is 17.6. The number of hydrogen-bond acceptors (Lipinski definition) is 6. The summed E-state index contributed by atoms with van der Waals surface area (Å²) >= 11 is 2.97. The quantitative estimate of drug-likeness (QED) is 0.286. The molecule has 0 saturated heterocycles. The van der Waals surface area contributed by atoms with Crippen LogP contribution in [0.15, 0.2) is 88.9 Å². The van der Waals surface area contributed by atoms with Gasteiger partial charge in [-0.05, 0) is 31.6 Å². The highest BCUT2D eigenvalue weighted by Crippen LogP contribution is 2.32. The number of allylic oxidation sites excluding steroid dienone is 2. The Morgan fingerprint density at radius 3 is 1.71 bits per heavy atom. The molecule has 6 heteroatoms. The zero-order valence-corrected chi connectivity index (χ0v) is 19.3. The standard InChI is InChI=1S/C25H24N2O2S2/c1-17(28)15-24(30-2)26-21-13-7-12-20-19(21)11-8-14-22(20)27-25(31-3)16-23(29)18-9-5-4-6-10-18/h4-16,26-27H,1-3H3/b24-15-,25-16-. The van der Waals surface area contributed by atoms with E-state index >= 15 is 0 Å². The number of anilines is 2. The lowest BCUT2D eigenvalue weighted by Gasteiger charge is -2.15. The van der Waals surface area contributed by atoms with Crippen LogP contribution in [0.3, 0.4) is 0 Å². The van der Waals surface area contributed by atoms with Crippen molar-refractivity contribution in [2.45, 2.75) is 6.92 Å². The first kappa shape index (κ1) is 22.7. The molecule has 0 aliphatic carbocycles. The van der Waals surface area contributed by atoms with Gasteiger partial charge in [-0.15, -0.1) is 23.5 Å². The van der Waals surface area contributed by atoms with E-state index in [2.05, 4.69) is 10.6 Å². The first-order chi connectivity index (χ1) is 15.0. The molecular weight excluding hydrogens is 424 g/mol. The minimum Gasteiger partial charge on any atom is -0.350 e. The smallest absolute Gasteiger partial charge is 0.188 e. The number of carbonyl (C=O) groups is 2. The average molecular weight is 449 g/mol. The molecule has 4 nitrogen and oxygen atoms in total. The van der Waals surface area contributed by atoms with Crippen LogP contribution in [0, 0.1) is 0 Å². The lowest BCUT2D eigenvalue weighted by Crippen LogP contribution is -2.03. The van der Waals surface area contributed by atoms with E-state index in [4.69, 9.17) is 0 Å². The molecule has 3 aromatic carbocycles. The summed E-state index contributed by atoms with van der Waals surface area (Å²) in [5, 5.41) is 10.3. The van der Waals surface area contributed by atoms with Gasteiger partial charge in [0.05, 0.1) is 10.1 Å². The molecule has 2 N–H and O–H groups in total. The second-order valence-corrected chi connectivity index (χ2v) is 8.42. The van der Waals surface area contributed by atoms with E-state index in [0.29, 0.717) is 5.56 Å². The number of carbonyl (C=O) groups excluding carboxylic acids is 2. The zero-order chi connectivity index (χ0) is 22.2. The van der Waals surface area contributed by atoms with Gasteiger partial charge >= 0.3 is 0 Å². The van der Waals surface area contributed by atoms with Gasteiger partial charge in [0.1, 0.15) is 0 Å². The Labute approximate surface area is 191 Å². The molecule has 158 valence electrons. The van der Waals surface area contributed by atoms with Crippen molar-refractivity contribution in [2.24, 2.45) is 0 Å². The first-order valence-corrected chi connectivity index (χ1v) is 12.1. The van der Waals surface area contributed by atoms with E-state index in [0.717, 1.165) is 32.2 Å². The lowest BCUT2D eigenvalue weighted by molar-refractivity contribution is -0.112. The molecule has 0 aliphatic heterocycles. The molecule has 0 saturated carbocycles. The number of thioether (sulfide) groups is 2. The van der Waals surface area contributed by atoms with Gasteiger partial charge in [-0.25, -0.2) is 0 Å². The highest BCUT2D eigenvalue weighted by molar-refractivity contribution is 8.02. The number of benzene rings is 3. The summed E-state index contributed by atoms with van der Waals surface area (Å²) in [7, 11) is 0. The van der Waals surface area contributed by atoms with Gasteiger partial charge < -0.3 is 10.6 Å². The second-order valence-electron chi connectivity index (χ2n) is 6.72. The normalized spacial score (nSPS) is 12.0. The van der Waals surface area contributed by atoms with Crippen molar-refractivity contribution in [3.63, 3.8) is 0 Å². The van der Waals surface area contributed by atoms with E-state index in [1.54, 1.807) is 12.2 Å². The molecule has 0 amide bonds. The SMILES string of the molecule is CS/C(=C\C(C)=O)Nc1cccc2c(N/C(=C/C(=O)c3ccccc3)SC)cccc12. The Balaban J connectivity index is 1.93. The number of hydrogen-bond donors (Lipinski definition) is 2. The Bertz CT molecular complexity index is 1150. The van der Waals surface area contributed by atoms with Crippen LogP contribution in [-0.4, -0.2) is 24.1 Å². The number of nitrogens with one attached hydrogen (secondary N) is 2. The van der Waals surface area contributed by atoms with Gasteiger partial charge in [0, 0.05) is 39.9 Å². The van der Waals surface area contributed by atoms with Crippen molar-refractivity contribution in [3.05, 3.63) is 94.5 Å². The molecular formula is C25H24N2O2S2.